The Hall–Kier alpha value is -2.87. The number of aliphatic imine (C=N–C) groups is 1. The molecular formula is C17H17N3O4S. The van der Waals surface area contributed by atoms with Gasteiger partial charge in [-0.1, -0.05) is 6.07 Å². The van der Waals surface area contributed by atoms with Crippen molar-refractivity contribution >= 4 is 29.1 Å². The topological polar surface area (TPSA) is 89.0 Å². The fourth-order valence-electron chi connectivity index (χ4n) is 2.51. The Labute approximate surface area is 148 Å². The molecule has 1 aliphatic rings. The summed E-state index contributed by atoms with van der Waals surface area (Å²) in [5, 5.41) is 7.03. The molecule has 2 heterocycles. The highest BCUT2D eigenvalue weighted by atomic mass is 32.1. The highest BCUT2D eigenvalue weighted by molar-refractivity contribution is 7.12. The van der Waals surface area contributed by atoms with Gasteiger partial charge in [0.25, 0.3) is 5.91 Å². The zero-order chi connectivity index (χ0) is 17.8. The molecule has 0 fully saturated rings. The minimum absolute atomic E-state index is 0.129. The predicted octanol–water partition coefficient (Wildman–Crippen LogP) is 2.11. The summed E-state index contributed by atoms with van der Waals surface area (Å²) in [4.78, 5) is 29.2. The molecule has 0 saturated carbocycles. The van der Waals surface area contributed by atoms with Crippen LogP contribution in [0.15, 0.2) is 40.7 Å². The number of carbonyl (C=O) groups excluding carboxylic acids is 2. The van der Waals surface area contributed by atoms with E-state index >= 15 is 0 Å². The first-order chi connectivity index (χ1) is 12.1. The van der Waals surface area contributed by atoms with Gasteiger partial charge in [-0.3, -0.25) is 20.2 Å². The molecule has 8 heteroatoms. The van der Waals surface area contributed by atoms with Gasteiger partial charge >= 0.3 is 0 Å². The maximum absolute atomic E-state index is 12.2. The maximum Gasteiger partial charge on any atom is 0.268 e. The summed E-state index contributed by atoms with van der Waals surface area (Å²) in [6.45, 7) is 0. The van der Waals surface area contributed by atoms with E-state index in [0.29, 0.717) is 16.4 Å². The van der Waals surface area contributed by atoms with Gasteiger partial charge in [-0.15, -0.1) is 11.3 Å². The van der Waals surface area contributed by atoms with E-state index in [1.807, 2.05) is 0 Å². The van der Waals surface area contributed by atoms with Gasteiger partial charge in [0.1, 0.15) is 11.5 Å². The zero-order valence-corrected chi connectivity index (χ0v) is 14.6. The summed E-state index contributed by atoms with van der Waals surface area (Å²) in [6.07, 6.45) is 0.155. The molecule has 1 aromatic carbocycles. The molecule has 130 valence electrons. The number of guanidine groups is 1. The third kappa shape index (κ3) is 3.80. The maximum atomic E-state index is 12.2. The van der Waals surface area contributed by atoms with Gasteiger partial charge in [0.15, 0.2) is 0 Å². The minimum atomic E-state index is -0.475. The van der Waals surface area contributed by atoms with Gasteiger partial charge in [-0.05, 0) is 29.6 Å². The summed E-state index contributed by atoms with van der Waals surface area (Å²) in [6, 6.07) is 8.33. The number of nitrogens with zero attached hydrogens (tertiary/aromatic N) is 1. The molecule has 0 saturated heterocycles. The molecule has 1 atom stereocenters. The Kier molecular flexibility index (Phi) is 4.99. The molecule has 0 aliphatic carbocycles. The lowest BCUT2D eigenvalue weighted by Gasteiger charge is -2.23. The Bertz CT molecular complexity index is 817. The predicted molar refractivity (Wildman–Crippen MR) is 94.3 cm³/mol. The van der Waals surface area contributed by atoms with Crippen molar-refractivity contribution in [3.05, 3.63) is 46.2 Å². The molecule has 0 bridgehead atoms. The van der Waals surface area contributed by atoms with Crippen LogP contribution in [-0.2, 0) is 4.79 Å². The van der Waals surface area contributed by atoms with Crippen LogP contribution < -0.4 is 20.1 Å². The number of ether oxygens (including phenoxy) is 2. The van der Waals surface area contributed by atoms with Crippen molar-refractivity contribution < 1.29 is 19.1 Å². The van der Waals surface area contributed by atoms with Gasteiger partial charge in [0.05, 0.1) is 31.6 Å². The molecule has 7 nitrogen and oxygen atoms in total. The normalized spacial score (nSPS) is 16.6. The molecule has 0 spiro atoms. The largest absolute Gasteiger partial charge is 0.497 e. The van der Waals surface area contributed by atoms with Crippen LogP contribution in [0.3, 0.4) is 0 Å². The van der Waals surface area contributed by atoms with Crippen molar-refractivity contribution in [2.24, 2.45) is 4.99 Å². The lowest BCUT2D eigenvalue weighted by molar-refractivity contribution is -0.120. The second-order valence-corrected chi connectivity index (χ2v) is 6.23. The molecule has 2 amide bonds. The summed E-state index contributed by atoms with van der Waals surface area (Å²) in [7, 11) is 3.12. The molecule has 1 aliphatic heterocycles. The van der Waals surface area contributed by atoms with Crippen LogP contribution in [0.5, 0.6) is 11.5 Å². The standard InChI is InChI=1S/C17H17N3O4S/c1-23-10-5-6-13(24-2)11(8-10)12-9-15(21)19-17(18-12)20-16(22)14-4-3-7-25-14/h3-8,12H,9H2,1-2H3,(H2,18,19,20,21,22)/t12-/m1/s1. The molecule has 3 rings (SSSR count). The first kappa shape index (κ1) is 17.0. The van der Waals surface area contributed by atoms with Gasteiger partial charge in [0.2, 0.25) is 11.9 Å². The number of nitrogens with one attached hydrogen (secondary N) is 2. The molecular weight excluding hydrogens is 342 g/mol. The number of hydrogen-bond acceptors (Lipinski definition) is 6. The van der Waals surface area contributed by atoms with Crippen molar-refractivity contribution in [1.29, 1.82) is 0 Å². The number of amides is 2. The zero-order valence-electron chi connectivity index (χ0n) is 13.7. The van der Waals surface area contributed by atoms with Crippen molar-refractivity contribution in [1.82, 2.24) is 10.6 Å². The number of rotatable bonds is 4. The number of hydrogen-bond donors (Lipinski definition) is 2. The van der Waals surface area contributed by atoms with Crippen LogP contribution in [0, 0.1) is 0 Å². The third-order valence-electron chi connectivity index (χ3n) is 3.69. The van der Waals surface area contributed by atoms with E-state index in [1.165, 1.54) is 11.3 Å². The van der Waals surface area contributed by atoms with E-state index in [-0.39, 0.29) is 24.2 Å². The van der Waals surface area contributed by atoms with Crippen LogP contribution in [0.1, 0.15) is 27.7 Å². The average molecular weight is 359 g/mol. The number of benzene rings is 1. The fourth-order valence-corrected chi connectivity index (χ4v) is 3.13. The Morgan fingerprint density at radius 3 is 2.84 bits per heavy atom. The molecule has 25 heavy (non-hydrogen) atoms. The minimum Gasteiger partial charge on any atom is -0.497 e. The molecule has 1 aromatic heterocycles. The molecule has 2 N–H and O–H groups in total. The summed E-state index contributed by atoms with van der Waals surface area (Å²) < 4.78 is 10.6. The van der Waals surface area contributed by atoms with Crippen LogP contribution in [0.2, 0.25) is 0 Å². The van der Waals surface area contributed by atoms with E-state index in [1.54, 1.807) is 49.9 Å². The van der Waals surface area contributed by atoms with Crippen molar-refractivity contribution in [2.45, 2.75) is 12.5 Å². The second-order valence-electron chi connectivity index (χ2n) is 5.29. The smallest absolute Gasteiger partial charge is 0.268 e. The van der Waals surface area contributed by atoms with E-state index in [4.69, 9.17) is 9.47 Å². The Balaban J connectivity index is 1.88. The monoisotopic (exact) mass is 359 g/mol. The fraction of sp³-hybridized carbons (Fsp3) is 0.235. The van der Waals surface area contributed by atoms with Gasteiger partial charge in [-0.25, -0.2) is 4.99 Å². The lowest BCUT2D eigenvalue weighted by Crippen LogP contribution is -2.46. The quantitative estimate of drug-likeness (QED) is 0.875. The first-order valence-corrected chi connectivity index (χ1v) is 8.43. The van der Waals surface area contributed by atoms with E-state index < -0.39 is 6.04 Å². The van der Waals surface area contributed by atoms with E-state index in [9.17, 15) is 9.59 Å². The number of methoxy groups -OCH3 is 2. The van der Waals surface area contributed by atoms with Crippen LogP contribution in [-0.4, -0.2) is 32.0 Å². The Morgan fingerprint density at radius 1 is 1.32 bits per heavy atom. The van der Waals surface area contributed by atoms with Gasteiger partial charge < -0.3 is 9.47 Å². The Morgan fingerprint density at radius 2 is 2.16 bits per heavy atom. The van der Waals surface area contributed by atoms with Crippen LogP contribution >= 0.6 is 11.3 Å². The van der Waals surface area contributed by atoms with Gasteiger partial charge in [0, 0.05) is 5.56 Å². The van der Waals surface area contributed by atoms with Crippen molar-refractivity contribution in [3.63, 3.8) is 0 Å². The molecule has 0 radical (unpaired) electrons. The second kappa shape index (κ2) is 7.35. The third-order valence-corrected chi connectivity index (χ3v) is 4.56. The SMILES string of the molecule is COc1ccc(OC)c([C@H]2CC(=O)NC(NC(=O)c3cccs3)=N2)c1. The van der Waals surface area contributed by atoms with Crippen LogP contribution in [0.4, 0.5) is 0 Å². The van der Waals surface area contributed by atoms with Crippen LogP contribution in [0.25, 0.3) is 0 Å². The lowest BCUT2D eigenvalue weighted by atomic mass is 10.0. The first-order valence-electron chi connectivity index (χ1n) is 7.55. The summed E-state index contributed by atoms with van der Waals surface area (Å²) >= 11 is 1.31. The summed E-state index contributed by atoms with van der Waals surface area (Å²) in [5.74, 6) is 0.831. The van der Waals surface area contributed by atoms with Crippen molar-refractivity contribution in [2.75, 3.05) is 14.2 Å². The summed E-state index contributed by atoms with van der Waals surface area (Å²) in [5.41, 5.74) is 0.722. The van der Waals surface area contributed by atoms with E-state index in [2.05, 4.69) is 15.6 Å². The highest BCUT2D eigenvalue weighted by Crippen LogP contribution is 2.34. The van der Waals surface area contributed by atoms with E-state index in [0.717, 1.165) is 5.56 Å². The van der Waals surface area contributed by atoms with Crippen molar-refractivity contribution in [3.8, 4) is 11.5 Å². The molecule has 0 unspecified atom stereocenters. The number of carbonyl (C=O) groups is 2. The van der Waals surface area contributed by atoms with Gasteiger partial charge in [-0.2, -0.15) is 0 Å². The highest BCUT2D eigenvalue weighted by Gasteiger charge is 2.26. The number of thiophene rings is 1. The molecule has 2 aromatic rings. The average Bonchev–Trinajstić information content (AvgIpc) is 3.15.